The number of rotatable bonds is 2. The minimum Gasteiger partial charge on any atom is -0.386 e. The van der Waals surface area contributed by atoms with Crippen molar-refractivity contribution in [3.05, 3.63) is 36.4 Å². The van der Waals surface area contributed by atoms with E-state index in [4.69, 9.17) is 0 Å². The van der Waals surface area contributed by atoms with Crippen LogP contribution in [0, 0.1) is 5.82 Å². The lowest BCUT2D eigenvalue weighted by Crippen LogP contribution is -2.00. The molecular formula is C9H9FN4. The predicted octanol–water partition coefficient (Wildman–Crippen LogP) is 1.45. The molecule has 5 heteroatoms. The number of halogens is 1. The summed E-state index contributed by atoms with van der Waals surface area (Å²) in [6.45, 7) is 0. The van der Waals surface area contributed by atoms with Gasteiger partial charge in [0.1, 0.15) is 5.82 Å². The van der Waals surface area contributed by atoms with Crippen LogP contribution >= 0.6 is 0 Å². The van der Waals surface area contributed by atoms with Gasteiger partial charge in [-0.15, -0.1) is 0 Å². The SMILES string of the molecule is CNc1ccc(-n2nccn2)cc1F. The largest absolute Gasteiger partial charge is 0.386 e. The topological polar surface area (TPSA) is 42.7 Å². The van der Waals surface area contributed by atoms with E-state index in [2.05, 4.69) is 15.5 Å². The Morgan fingerprint density at radius 2 is 2.00 bits per heavy atom. The fourth-order valence-corrected chi connectivity index (χ4v) is 1.18. The van der Waals surface area contributed by atoms with Crippen LogP contribution < -0.4 is 5.32 Å². The van der Waals surface area contributed by atoms with E-state index in [9.17, 15) is 4.39 Å². The summed E-state index contributed by atoms with van der Waals surface area (Å²) in [5.74, 6) is -0.317. The van der Waals surface area contributed by atoms with Gasteiger partial charge < -0.3 is 5.32 Å². The van der Waals surface area contributed by atoms with Crippen molar-refractivity contribution < 1.29 is 4.39 Å². The van der Waals surface area contributed by atoms with Crippen molar-refractivity contribution in [3.8, 4) is 5.69 Å². The molecule has 4 nitrogen and oxygen atoms in total. The van der Waals surface area contributed by atoms with Gasteiger partial charge in [0, 0.05) is 13.1 Å². The van der Waals surface area contributed by atoms with E-state index in [-0.39, 0.29) is 5.82 Å². The smallest absolute Gasteiger partial charge is 0.148 e. The zero-order valence-electron chi connectivity index (χ0n) is 7.61. The molecule has 0 aliphatic carbocycles. The van der Waals surface area contributed by atoms with Crippen molar-refractivity contribution in [1.29, 1.82) is 0 Å². The Hall–Kier alpha value is -1.91. The first-order valence-electron chi connectivity index (χ1n) is 4.15. The van der Waals surface area contributed by atoms with Gasteiger partial charge in [0.15, 0.2) is 0 Å². The first-order chi connectivity index (χ1) is 6.81. The molecule has 0 atom stereocenters. The molecule has 14 heavy (non-hydrogen) atoms. The highest BCUT2D eigenvalue weighted by Crippen LogP contribution is 2.16. The van der Waals surface area contributed by atoms with Crippen molar-refractivity contribution in [2.24, 2.45) is 0 Å². The third-order valence-electron chi connectivity index (χ3n) is 1.87. The van der Waals surface area contributed by atoms with Gasteiger partial charge >= 0.3 is 0 Å². The Morgan fingerprint density at radius 1 is 1.29 bits per heavy atom. The van der Waals surface area contributed by atoms with Crippen LogP contribution in [0.2, 0.25) is 0 Å². The van der Waals surface area contributed by atoms with Crippen LogP contribution in [0.25, 0.3) is 5.69 Å². The molecule has 0 unspecified atom stereocenters. The number of nitrogens with zero attached hydrogens (tertiary/aromatic N) is 3. The Balaban J connectivity index is 2.43. The summed E-state index contributed by atoms with van der Waals surface area (Å²) in [5, 5.41) is 10.5. The summed E-state index contributed by atoms with van der Waals surface area (Å²) in [6, 6.07) is 4.77. The molecule has 0 aliphatic heterocycles. The molecule has 1 aromatic heterocycles. The summed E-state index contributed by atoms with van der Waals surface area (Å²) in [4.78, 5) is 1.36. The molecule has 72 valence electrons. The van der Waals surface area contributed by atoms with Gasteiger partial charge in [-0.2, -0.15) is 15.0 Å². The van der Waals surface area contributed by atoms with E-state index in [1.165, 1.54) is 10.9 Å². The molecular weight excluding hydrogens is 183 g/mol. The van der Waals surface area contributed by atoms with Crippen molar-refractivity contribution in [1.82, 2.24) is 15.0 Å². The molecule has 0 spiro atoms. The molecule has 0 aliphatic rings. The van der Waals surface area contributed by atoms with Crippen molar-refractivity contribution >= 4 is 5.69 Å². The predicted molar refractivity (Wildman–Crippen MR) is 50.9 cm³/mol. The Morgan fingerprint density at radius 3 is 2.57 bits per heavy atom. The maximum atomic E-state index is 13.3. The van der Waals surface area contributed by atoms with Crippen LogP contribution in [0.3, 0.4) is 0 Å². The summed E-state index contributed by atoms with van der Waals surface area (Å²) in [6.07, 6.45) is 3.09. The van der Waals surface area contributed by atoms with Gasteiger partial charge in [-0.1, -0.05) is 0 Å². The second-order valence-corrected chi connectivity index (χ2v) is 2.73. The standard InChI is InChI=1S/C9H9FN4/c1-11-9-3-2-7(6-8(9)10)14-12-4-5-13-14/h2-6,11H,1H3. The van der Waals surface area contributed by atoms with Crippen LogP contribution in [0.1, 0.15) is 0 Å². The molecule has 0 radical (unpaired) electrons. The third kappa shape index (κ3) is 1.44. The minimum absolute atomic E-state index is 0.317. The van der Waals surface area contributed by atoms with E-state index in [1.807, 2.05) is 0 Å². The highest BCUT2D eigenvalue weighted by Gasteiger charge is 2.03. The molecule has 1 heterocycles. The van der Waals surface area contributed by atoms with E-state index >= 15 is 0 Å². The number of aromatic nitrogens is 3. The lowest BCUT2D eigenvalue weighted by molar-refractivity contribution is 0.626. The Kier molecular flexibility index (Phi) is 2.14. The van der Waals surface area contributed by atoms with Crippen LogP contribution in [0.4, 0.5) is 10.1 Å². The van der Waals surface area contributed by atoms with Gasteiger partial charge in [0.25, 0.3) is 0 Å². The molecule has 2 rings (SSSR count). The van der Waals surface area contributed by atoms with Crippen LogP contribution in [0.5, 0.6) is 0 Å². The molecule has 0 saturated heterocycles. The lowest BCUT2D eigenvalue weighted by Gasteiger charge is -2.04. The molecule has 1 aromatic carbocycles. The zero-order chi connectivity index (χ0) is 9.97. The van der Waals surface area contributed by atoms with E-state index in [0.29, 0.717) is 11.4 Å². The molecule has 0 amide bonds. The van der Waals surface area contributed by atoms with Gasteiger partial charge in [0.05, 0.1) is 23.8 Å². The van der Waals surface area contributed by atoms with E-state index in [1.54, 1.807) is 31.6 Å². The molecule has 2 aromatic rings. The summed E-state index contributed by atoms with van der Waals surface area (Å²) in [7, 11) is 1.67. The fourth-order valence-electron chi connectivity index (χ4n) is 1.18. The number of anilines is 1. The maximum absolute atomic E-state index is 13.3. The van der Waals surface area contributed by atoms with Crippen LogP contribution in [0.15, 0.2) is 30.6 Å². The molecule has 1 N–H and O–H groups in total. The summed E-state index contributed by atoms with van der Waals surface area (Å²) >= 11 is 0. The average Bonchev–Trinajstić information content (AvgIpc) is 2.70. The number of benzene rings is 1. The molecule has 0 bridgehead atoms. The number of hydrogen-bond acceptors (Lipinski definition) is 3. The Bertz CT molecular complexity index is 424. The lowest BCUT2D eigenvalue weighted by atomic mass is 10.3. The van der Waals surface area contributed by atoms with Crippen LogP contribution in [-0.2, 0) is 0 Å². The Labute approximate surface area is 80.4 Å². The number of nitrogens with one attached hydrogen (secondary N) is 1. The highest BCUT2D eigenvalue weighted by molar-refractivity contribution is 5.49. The summed E-state index contributed by atoms with van der Waals surface area (Å²) < 4.78 is 13.3. The van der Waals surface area contributed by atoms with Gasteiger partial charge in [0.2, 0.25) is 0 Å². The quantitative estimate of drug-likeness (QED) is 0.783. The molecule has 0 fully saturated rings. The van der Waals surface area contributed by atoms with E-state index < -0.39 is 0 Å². The number of hydrogen-bond donors (Lipinski definition) is 1. The van der Waals surface area contributed by atoms with Crippen molar-refractivity contribution in [2.75, 3.05) is 12.4 Å². The first kappa shape index (κ1) is 8.68. The minimum atomic E-state index is -0.317. The third-order valence-corrected chi connectivity index (χ3v) is 1.87. The average molecular weight is 192 g/mol. The normalized spacial score (nSPS) is 10.1. The molecule has 0 saturated carbocycles. The summed E-state index contributed by atoms with van der Waals surface area (Å²) in [5.41, 5.74) is 1.06. The van der Waals surface area contributed by atoms with E-state index in [0.717, 1.165) is 0 Å². The van der Waals surface area contributed by atoms with Crippen LogP contribution in [-0.4, -0.2) is 22.0 Å². The first-order valence-corrected chi connectivity index (χ1v) is 4.15. The second-order valence-electron chi connectivity index (χ2n) is 2.73. The zero-order valence-corrected chi connectivity index (χ0v) is 7.61. The fraction of sp³-hybridized carbons (Fsp3) is 0.111. The van der Waals surface area contributed by atoms with Gasteiger partial charge in [-0.05, 0) is 12.1 Å². The van der Waals surface area contributed by atoms with Gasteiger partial charge in [-0.3, -0.25) is 0 Å². The maximum Gasteiger partial charge on any atom is 0.148 e. The highest BCUT2D eigenvalue weighted by atomic mass is 19.1. The van der Waals surface area contributed by atoms with Gasteiger partial charge in [-0.25, -0.2) is 4.39 Å². The van der Waals surface area contributed by atoms with Crippen molar-refractivity contribution in [2.45, 2.75) is 0 Å². The van der Waals surface area contributed by atoms with Crippen molar-refractivity contribution in [3.63, 3.8) is 0 Å². The monoisotopic (exact) mass is 192 g/mol. The second kappa shape index (κ2) is 3.45.